The van der Waals surface area contributed by atoms with Gasteiger partial charge in [-0.05, 0) is 43.9 Å². The number of hydrogen-bond acceptors (Lipinski definition) is 5. The quantitative estimate of drug-likeness (QED) is 0.698. The van der Waals surface area contributed by atoms with E-state index in [0.29, 0.717) is 30.2 Å². The van der Waals surface area contributed by atoms with Gasteiger partial charge in [0.2, 0.25) is 15.9 Å². The first kappa shape index (κ1) is 22.5. The van der Waals surface area contributed by atoms with Crippen molar-refractivity contribution >= 4 is 27.5 Å². The first-order chi connectivity index (χ1) is 13.9. The molecule has 0 bridgehead atoms. The number of carbonyl (C=O) groups excluding carboxylic acids is 1. The van der Waals surface area contributed by atoms with Crippen LogP contribution >= 0.6 is 11.6 Å². The molecule has 9 heteroatoms. The smallest absolute Gasteiger partial charge is 0.240 e. The first-order valence-electron chi connectivity index (χ1n) is 10.2. The molecule has 2 saturated heterocycles. The number of nitrogens with zero attached hydrogens (tertiary/aromatic N) is 2. The summed E-state index contributed by atoms with van der Waals surface area (Å²) in [5, 5.41) is 0.397. The third-order valence-electron chi connectivity index (χ3n) is 5.81. The van der Waals surface area contributed by atoms with Crippen LogP contribution in [0.3, 0.4) is 0 Å². The molecule has 0 aliphatic carbocycles. The predicted molar refractivity (Wildman–Crippen MR) is 112 cm³/mol. The summed E-state index contributed by atoms with van der Waals surface area (Å²) in [6.07, 6.45) is 3.73. The van der Waals surface area contributed by atoms with Gasteiger partial charge >= 0.3 is 0 Å². The Hall–Kier alpha value is -1.19. The molecular weight excluding hydrogens is 414 g/mol. The van der Waals surface area contributed by atoms with Crippen molar-refractivity contribution in [1.29, 1.82) is 0 Å². The van der Waals surface area contributed by atoms with Gasteiger partial charge in [0.25, 0.3) is 0 Å². The number of sulfonamides is 1. The summed E-state index contributed by atoms with van der Waals surface area (Å²) in [5.41, 5.74) is 0. The van der Waals surface area contributed by atoms with Crippen molar-refractivity contribution < 1.29 is 17.9 Å². The van der Waals surface area contributed by atoms with E-state index in [9.17, 15) is 13.2 Å². The van der Waals surface area contributed by atoms with Gasteiger partial charge in [-0.25, -0.2) is 13.1 Å². The number of ether oxygens (including phenoxy) is 1. The average Bonchev–Trinajstić information content (AvgIpc) is 2.72. The van der Waals surface area contributed by atoms with E-state index in [4.69, 9.17) is 16.3 Å². The third-order valence-corrected chi connectivity index (χ3v) is 7.50. The molecule has 1 aromatic rings. The number of carbonyl (C=O) groups is 1. The van der Waals surface area contributed by atoms with Crippen LogP contribution in [0.2, 0.25) is 5.02 Å². The van der Waals surface area contributed by atoms with Crippen molar-refractivity contribution in [3.05, 3.63) is 29.3 Å². The molecule has 2 heterocycles. The van der Waals surface area contributed by atoms with E-state index < -0.39 is 10.0 Å². The Morgan fingerprint density at radius 3 is 2.48 bits per heavy atom. The van der Waals surface area contributed by atoms with Gasteiger partial charge in [-0.2, -0.15) is 0 Å². The average molecular weight is 444 g/mol. The lowest BCUT2D eigenvalue weighted by molar-refractivity contribution is -0.130. The summed E-state index contributed by atoms with van der Waals surface area (Å²) in [5.74, 6) is 0.121. The molecule has 0 atom stereocenters. The lowest BCUT2D eigenvalue weighted by Gasteiger charge is -2.43. The number of piperidine rings is 1. The zero-order chi connectivity index (χ0) is 20.9. The fourth-order valence-electron chi connectivity index (χ4n) is 4.22. The van der Waals surface area contributed by atoms with E-state index in [1.54, 1.807) is 25.1 Å². The van der Waals surface area contributed by atoms with E-state index in [-0.39, 0.29) is 10.8 Å². The van der Waals surface area contributed by atoms with Gasteiger partial charge < -0.3 is 9.64 Å². The number of halogens is 1. The fraction of sp³-hybridized carbons (Fsp3) is 0.650. The standard InChI is InChI=1S/C20H30ClN3O4S/c1-16(25)23-10-5-18(6-11-23)24(19-7-13-28-14-8-19)12-9-22-29(26,27)20-4-2-3-17(21)15-20/h2-4,15,18-19,22H,5-14H2,1H3. The summed E-state index contributed by atoms with van der Waals surface area (Å²) >= 11 is 5.93. The summed E-state index contributed by atoms with van der Waals surface area (Å²) in [4.78, 5) is 16.1. The van der Waals surface area contributed by atoms with Crippen molar-refractivity contribution in [2.75, 3.05) is 39.4 Å². The fourth-order valence-corrected chi connectivity index (χ4v) is 5.54. The van der Waals surface area contributed by atoms with Crippen LogP contribution in [0.1, 0.15) is 32.6 Å². The molecule has 2 aliphatic heterocycles. The van der Waals surface area contributed by atoms with Crippen molar-refractivity contribution in [2.45, 2.75) is 49.6 Å². The molecule has 1 N–H and O–H groups in total. The van der Waals surface area contributed by atoms with Crippen LogP contribution in [0.15, 0.2) is 29.2 Å². The summed E-state index contributed by atoms with van der Waals surface area (Å²) in [6.45, 7) is 5.57. The third kappa shape index (κ3) is 6.15. The number of rotatable bonds is 7. The second kappa shape index (κ2) is 10.2. The Kier molecular flexibility index (Phi) is 7.92. The normalized spacial score (nSPS) is 19.6. The minimum atomic E-state index is -3.60. The topological polar surface area (TPSA) is 79.0 Å². The molecule has 29 heavy (non-hydrogen) atoms. The maximum absolute atomic E-state index is 12.6. The van der Waals surface area contributed by atoms with E-state index in [0.717, 1.165) is 52.0 Å². The molecule has 2 fully saturated rings. The van der Waals surface area contributed by atoms with Gasteiger partial charge in [0, 0.05) is 63.4 Å². The molecule has 0 aromatic heterocycles. The highest BCUT2D eigenvalue weighted by atomic mass is 35.5. The molecule has 0 saturated carbocycles. The second-order valence-electron chi connectivity index (χ2n) is 7.67. The van der Waals surface area contributed by atoms with Crippen molar-refractivity contribution in [1.82, 2.24) is 14.5 Å². The highest BCUT2D eigenvalue weighted by Crippen LogP contribution is 2.24. The first-order valence-corrected chi connectivity index (χ1v) is 12.1. The lowest BCUT2D eigenvalue weighted by atomic mass is 9.98. The molecule has 3 rings (SSSR count). The highest BCUT2D eigenvalue weighted by molar-refractivity contribution is 7.89. The SMILES string of the molecule is CC(=O)N1CCC(N(CCNS(=O)(=O)c2cccc(Cl)c2)C2CCOCC2)CC1. The maximum atomic E-state index is 12.6. The monoisotopic (exact) mass is 443 g/mol. The lowest BCUT2D eigenvalue weighted by Crippen LogP contribution is -2.53. The molecule has 1 aromatic carbocycles. The highest BCUT2D eigenvalue weighted by Gasteiger charge is 2.31. The Morgan fingerprint density at radius 1 is 1.21 bits per heavy atom. The van der Waals surface area contributed by atoms with E-state index in [1.807, 2.05) is 4.90 Å². The van der Waals surface area contributed by atoms with Crippen LogP contribution < -0.4 is 4.72 Å². The molecule has 0 spiro atoms. The Morgan fingerprint density at radius 2 is 1.86 bits per heavy atom. The van der Waals surface area contributed by atoms with E-state index in [1.165, 1.54) is 6.07 Å². The van der Waals surface area contributed by atoms with Gasteiger partial charge in [0.1, 0.15) is 0 Å². The summed E-state index contributed by atoms with van der Waals surface area (Å²) < 4.78 is 33.4. The summed E-state index contributed by atoms with van der Waals surface area (Å²) in [7, 11) is -3.60. The zero-order valence-electron chi connectivity index (χ0n) is 16.8. The number of likely N-dealkylation sites (tertiary alicyclic amines) is 1. The number of amides is 1. The second-order valence-corrected chi connectivity index (χ2v) is 9.88. The number of benzene rings is 1. The molecule has 162 valence electrons. The minimum absolute atomic E-state index is 0.121. The van der Waals surface area contributed by atoms with Crippen LogP contribution in [0.4, 0.5) is 0 Å². The van der Waals surface area contributed by atoms with Crippen molar-refractivity contribution in [3.63, 3.8) is 0 Å². The number of nitrogens with one attached hydrogen (secondary N) is 1. The molecule has 2 aliphatic rings. The molecule has 0 radical (unpaired) electrons. The van der Waals surface area contributed by atoms with Crippen LogP contribution in [0.5, 0.6) is 0 Å². The van der Waals surface area contributed by atoms with E-state index >= 15 is 0 Å². The van der Waals surface area contributed by atoms with Crippen LogP contribution in [-0.2, 0) is 19.6 Å². The van der Waals surface area contributed by atoms with Gasteiger partial charge in [-0.3, -0.25) is 9.69 Å². The molecule has 1 amide bonds. The van der Waals surface area contributed by atoms with Crippen LogP contribution in [0.25, 0.3) is 0 Å². The Labute approximate surface area is 178 Å². The van der Waals surface area contributed by atoms with Gasteiger partial charge in [-0.1, -0.05) is 17.7 Å². The molecular formula is C20H30ClN3O4S. The Balaban J connectivity index is 1.62. The Bertz CT molecular complexity index is 791. The van der Waals surface area contributed by atoms with Gasteiger partial charge in [-0.15, -0.1) is 0 Å². The molecule has 0 unspecified atom stereocenters. The molecule has 7 nitrogen and oxygen atoms in total. The van der Waals surface area contributed by atoms with E-state index in [2.05, 4.69) is 9.62 Å². The summed E-state index contributed by atoms with van der Waals surface area (Å²) in [6, 6.07) is 7.02. The zero-order valence-corrected chi connectivity index (χ0v) is 18.4. The van der Waals surface area contributed by atoms with Crippen molar-refractivity contribution in [3.8, 4) is 0 Å². The maximum Gasteiger partial charge on any atom is 0.240 e. The largest absolute Gasteiger partial charge is 0.381 e. The number of hydrogen-bond donors (Lipinski definition) is 1. The van der Waals surface area contributed by atoms with Gasteiger partial charge in [0.15, 0.2) is 0 Å². The predicted octanol–water partition coefficient (Wildman–Crippen LogP) is 2.11. The van der Waals surface area contributed by atoms with Crippen LogP contribution in [0, 0.1) is 0 Å². The minimum Gasteiger partial charge on any atom is -0.381 e. The van der Waals surface area contributed by atoms with Gasteiger partial charge in [0.05, 0.1) is 4.90 Å². The van der Waals surface area contributed by atoms with Crippen LogP contribution in [-0.4, -0.2) is 75.6 Å². The van der Waals surface area contributed by atoms with Crippen molar-refractivity contribution in [2.24, 2.45) is 0 Å².